The third kappa shape index (κ3) is 4.97. The molecule has 1 saturated heterocycles. The van der Waals surface area contributed by atoms with E-state index in [9.17, 15) is 18.0 Å². The highest BCUT2D eigenvalue weighted by Gasteiger charge is 2.33. The van der Waals surface area contributed by atoms with Crippen LogP contribution in [0.25, 0.3) is 0 Å². The molecule has 2 N–H and O–H groups in total. The average Bonchev–Trinajstić information content (AvgIpc) is 2.72. The first-order chi connectivity index (χ1) is 14.6. The first kappa shape index (κ1) is 23.0. The van der Waals surface area contributed by atoms with Gasteiger partial charge in [-0.2, -0.15) is 4.31 Å². The first-order valence-electron chi connectivity index (χ1n) is 10.3. The van der Waals surface area contributed by atoms with Crippen molar-refractivity contribution in [2.45, 2.75) is 38.5 Å². The van der Waals surface area contributed by atoms with Crippen molar-refractivity contribution >= 4 is 27.5 Å². The van der Waals surface area contributed by atoms with Gasteiger partial charge in [0, 0.05) is 37.3 Å². The van der Waals surface area contributed by atoms with Crippen molar-refractivity contribution in [3.8, 4) is 0 Å². The topological polar surface area (TPSA) is 95.6 Å². The molecule has 8 heteroatoms. The lowest BCUT2D eigenvalue weighted by Gasteiger charge is -2.31. The van der Waals surface area contributed by atoms with Crippen molar-refractivity contribution in [2.24, 2.45) is 5.92 Å². The zero-order valence-electron chi connectivity index (χ0n) is 18.4. The summed E-state index contributed by atoms with van der Waals surface area (Å²) in [6, 6.07) is 10.4. The van der Waals surface area contributed by atoms with E-state index in [4.69, 9.17) is 0 Å². The molecule has 0 atom stereocenters. The Kier molecular flexibility index (Phi) is 6.81. The molecule has 0 aromatic heterocycles. The van der Waals surface area contributed by atoms with Crippen LogP contribution in [0, 0.1) is 26.7 Å². The van der Waals surface area contributed by atoms with Gasteiger partial charge in [-0.15, -0.1) is 0 Å². The molecule has 1 fully saturated rings. The normalized spacial score (nSPS) is 15.5. The Morgan fingerprint density at radius 1 is 0.968 bits per heavy atom. The Labute approximate surface area is 183 Å². The van der Waals surface area contributed by atoms with E-state index in [1.165, 1.54) is 4.31 Å². The molecule has 1 heterocycles. The fourth-order valence-electron chi connectivity index (χ4n) is 4.15. The third-order valence-corrected chi connectivity index (χ3v) is 7.87. The van der Waals surface area contributed by atoms with Crippen LogP contribution in [0.15, 0.2) is 41.3 Å². The van der Waals surface area contributed by atoms with Crippen LogP contribution in [0.5, 0.6) is 0 Å². The SMILES string of the molecule is CNC(=O)c1ccc(NC(=O)C2CCN(S(=O)(=O)c3c(C)cc(C)cc3C)CC2)cc1. The van der Waals surface area contributed by atoms with E-state index in [0.29, 0.717) is 42.1 Å². The number of carbonyl (C=O) groups is 2. The lowest BCUT2D eigenvalue weighted by Crippen LogP contribution is -2.41. The number of rotatable bonds is 5. The second-order valence-electron chi connectivity index (χ2n) is 8.05. The largest absolute Gasteiger partial charge is 0.355 e. The van der Waals surface area contributed by atoms with Gasteiger partial charge < -0.3 is 10.6 Å². The van der Waals surface area contributed by atoms with Gasteiger partial charge in [0.2, 0.25) is 15.9 Å². The number of benzene rings is 2. The van der Waals surface area contributed by atoms with E-state index in [-0.39, 0.29) is 17.7 Å². The molecule has 2 aromatic carbocycles. The van der Waals surface area contributed by atoms with E-state index in [1.54, 1.807) is 31.3 Å². The molecule has 0 unspecified atom stereocenters. The van der Waals surface area contributed by atoms with E-state index in [1.807, 2.05) is 32.9 Å². The van der Waals surface area contributed by atoms with Crippen LogP contribution >= 0.6 is 0 Å². The molecule has 31 heavy (non-hydrogen) atoms. The predicted octanol–water partition coefficient (Wildman–Crippen LogP) is 3.01. The second kappa shape index (κ2) is 9.20. The quantitative estimate of drug-likeness (QED) is 0.743. The summed E-state index contributed by atoms with van der Waals surface area (Å²) in [5.41, 5.74) is 3.65. The van der Waals surface area contributed by atoms with Gasteiger partial charge in [0.05, 0.1) is 4.90 Å². The first-order valence-corrected chi connectivity index (χ1v) is 11.8. The Balaban J connectivity index is 1.64. The molecule has 0 bridgehead atoms. The number of hydrogen-bond acceptors (Lipinski definition) is 4. The van der Waals surface area contributed by atoms with Crippen LogP contribution < -0.4 is 10.6 Å². The molecule has 1 aliphatic heterocycles. The van der Waals surface area contributed by atoms with Crippen molar-refractivity contribution in [1.82, 2.24) is 9.62 Å². The van der Waals surface area contributed by atoms with Gasteiger partial charge >= 0.3 is 0 Å². The minimum absolute atomic E-state index is 0.132. The summed E-state index contributed by atoms with van der Waals surface area (Å²) >= 11 is 0. The molecule has 3 rings (SSSR count). The van der Waals surface area contributed by atoms with Crippen molar-refractivity contribution in [1.29, 1.82) is 0 Å². The maximum atomic E-state index is 13.2. The van der Waals surface area contributed by atoms with E-state index < -0.39 is 10.0 Å². The van der Waals surface area contributed by atoms with Crippen molar-refractivity contribution in [2.75, 3.05) is 25.5 Å². The molecular formula is C23H29N3O4S. The second-order valence-corrected chi connectivity index (χ2v) is 9.93. The number of hydrogen-bond donors (Lipinski definition) is 2. The maximum absolute atomic E-state index is 13.2. The van der Waals surface area contributed by atoms with Gasteiger partial charge in [-0.05, 0) is 69.0 Å². The highest BCUT2D eigenvalue weighted by molar-refractivity contribution is 7.89. The Morgan fingerprint density at radius 2 is 1.52 bits per heavy atom. The van der Waals surface area contributed by atoms with Crippen molar-refractivity contribution in [3.63, 3.8) is 0 Å². The molecule has 0 aliphatic carbocycles. The number of anilines is 1. The van der Waals surface area contributed by atoms with Crippen LogP contribution in [-0.4, -0.2) is 44.7 Å². The fraction of sp³-hybridized carbons (Fsp3) is 0.391. The van der Waals surface area contributed by atoms with Crippen LogP contribution in [0.3, 0.4) is 0 Å². The smallest absolute Gasteiger partial charge is 0.251 e. The highest BCUT2D eigenvalue weighted by Crippen LogP contribution is 2.29. The van der Waals surface area contributed by atoms with E-state index in [2.05, 4.69) is 10.6 Å². The summed E-state index contributed by atoms with van der Waals surface area (Å²) in [5.74, 6) is -0.580. The molecular weight excluding hydrogens is 414 g/mol. The van der Waals surface area contributed by atoms with Crippen LogP contribution in [0.2, 0.25) is 0 Å². The molecule has 1 aliphatic rings. The van der Waals surface area contributed by atoms with Crippen LogP contribution in [0.4, 0.5) is 5.69 Å². The molecule has 2 amide bonds. The number of piperidine rings is 1. The van der Waals surface area contributed by atoms with Crippen molar-refractivity contribution in [3.05, 3.63) is 58.7 Å². The summed E-state index contributed by atoms with van der Waals surface area (Å²) in [7, 11) is -2.04. The average molecular weight is 444 g/mol. The number of carbonyl (C=O) groups excluding carboxylic acids is 2. The number of aryl methyl sites for hydroxylation is 3. The van der Waals surface area contributed by atoms with E-state index in [0.717, 1.165) is 16.7 Å². The summed E-state index contributed by atoms with van der Waals surface area (Å²) in [6.07, 6.45) is 0.927. The zero-order chi connectivity index (χ0) is 22.8. The van der Waals surface area contributed by atoms with Gasteiger partial charge in [0.15, 0.2) is 0 Å². The number of sulfonamides is 1. The van der Waals surface area contributed by atoms with Gasteiger partial charge in [0.25, 0.3) is 5.91 Å². The summed E-state index contributed by atoms with van der Waals surface area (Å²) in [5, 5.41) is 5.42. The Hall–Kier alpha value is -2.71. The Morgan fingerprint density at radius 3 is 2.03 bits per heavy atom. The fourth-order valence-corrected chi connectivity index (χ4v) is 6.04. The highest BCUT2D eigenvalue weighted by atomic mass is 32.2. The van der Waals surface area contributed by atoms with E-state index >= 15 is 0 Å². The standard InChI is InChI=1S/C23H29N3O4S/c1-15-13-16(2)21(17(3)14-15)31(29,30)26-11-9-19(10-12-26)23(28)25-20-7-5-18(6-8-20)22(27)24-4/h5-8,13-14,19H,9-12H2,1-4H3,(H,24,27)(H,25,28). The maximum Gasteiger partial charge on any atom is 0.251 e. The van der Waals surface area contributed by atoms with Gasteiger partial charge in [-0.3, -0.25) is 9.59 Å². The summed E-state index contributed by atoms with van der Waals surface area (Å²) in [4.78, 5) is 24.6. The third-order valence-electron chi connectivity index (χ3n) is 5.67. The number of amides is 2. The molecule has 0 radical (unpaired) electrons. The predicted molar refractivity (Wildman–Crippen MR) is 121 cm³/mol. The van der Waals surface area contributed by atoms with Gasteiger partial charge in [-0.1, -0.05) is 17.7 Å². The minimum atomic E-state index is -3.60. The lowest BCUT2D eigenvalue weighted by atomic mass is 9.97. The van der Waals surface area contributed by atoms with Gasteiger partial charge in [-0.25, -0.2) is 8.42 Å². The zero-order valence-corrected chi connectivity index (χ0v) is 19.2. The number of nitrogens with zero attached hydrogens (tertiary/aromatic N) is 1. The molecule has 7 nitrogen and oxygen atoms in total. The number of nitrogens with one attached hydrogen (secondary N) is 2. The lowest BCUT2D eigenvalue weighted by molar-refractivity contribution is -0.120. The van der Waals surface area contributed by atoms with Gasteiger partial charge in [0.1, 0.15) is 0 Å². The Bertz CT molecular complexity index is 1060. The van der Waals surface area contributed by atoms with Crippen LogP contribution in [0.1, 0.15) is 39.9 Å². The minimum Gasteiger partial charge on any atom is -0.355 e. The molecule has 0 saturated carbocycles. The van der Waals surface area contributed by atoms with Crippen LogP contribution in [-0.2, 0) is 14.8 Å². The summed E-state index contributed by atoms with van der Waals surface area (Å²) < 4.78 is 27.9. The van der Waals surface area contributed by atoms with Crippen molar-refractivity contribution < 1.29 is 18.0 Å². The summed E-state index contributed by atoms with van der Waals surface area (Å²) in [6.45, 7) is 6.21. The molecule has 166 valence electrons. The molecule has 0 spiro atoms. The monoisotopic (exact) mass is 443 g/mol. The molecule has 2 aromatic rings.